The van der Waals surface area contributed by atoms with Crippen molar-refractivity contribution in [2.45, 2.75) is 72.1 Å². The van der Waals surface area contributed by atoms with Gasteiger partial charge in [-0.05, 0) is 43.9 Å². The molecule has 1 atom stereocenters. The molecule has 0 aliphatic carbocycles. The molecule has 0 aliphatic rings. The van der Waals surface area contributed by atoms with Crippen LogP contribution in [-0.4, -0.2) is 37.5 Å². The number of hydrogen-bond acceptors (Lipinski definition) is 5. The van der Waals surface area contributed by atoms with Crippen LogP contribution in [-0.2, 0) is 9.16 Å². The number of nitrogens with zero attached hydrogens (tertiary/aromatic N) is 2. The Kier molecular flexibility index (Phi) is 7.53. The Hall–Kier alpha value is -1.70. The highest BCUT2D eigenvalue weighted by Crippen LogP contribution is 2.36. The normalized spacial score (nSPS) is 13.7. The molecule has 2 rings (SSSR count). The van der Waals surface area contributed by atoms with Gasteiger partial charge >= 0.3 is 5.97 Å². The van der Waals surface area contributed by atoms with Crippen molar-refractivity contribution in [2.75, 3.05) is 6.61 Å². The molecule has 0 unspecified atom stereocenters. The summed E-state index contributed by atoms with van der Waals surface area (Å²) >= 11 is 6.07. The predicted octanol–water partition coefficient (Wildman–Crippen LogP) is 5.06. The highest BCUT2D eigenvalue weighted by molar-refractivity contribution is 6.31. The van der Waals surface area contributed by atoms with Crippen molar-refractivity contribution in [3.05, 3.63) is 39.3 Å². The topological polar surface area (TPSA) is 70.4 Å². The third kappa shape index (κ3) is 5.50. The molecule has 2 radical (unpaired) electrons. The number of halogens is 1. The lowest BCUT2D eigenvalue weighted by molar-refractivity contribution is 0.0287. The van der Waals surface area contributed by atoms with E-state index in [2.05, 4.69) is 39.6 Å². The molecule has 0 fully saturated rings. The summed E-state index contributed by atoms with van der Waals surface area (Å²) in [5.74, 6) is -0.529. The summed E-state index contributed by atoms with van der Waals surface area (Å²) in [4.78, 5) is 29.7. The van der Waals surface area contributed by atoms with Crippen LogP contribution in [0.15, 0.2) is 23.1 Å². The van der Waals surface area contributed by atoms with E-state index in [1.807, 2.05) is 18.4 Å². The number of ether oxygens (including phenoxy) is 1. The zero-order valence-electron chi connectivity index (χ0n) is 19.0. The van der Waals surface area contributed by atoms with Crippen molar-refractivity contribution >= 4 is 38.4 Å². The van der Waals surface area contributed by atoms with Gasteiger partial charge in [-0.1, -0.05) is 46.2 Å². The molecule has 0 amide bonds. The van der Waals surface area contributed by atoms with Gasteiger partial charge in [0.25, 0.3) is 0 Å². The van der Waals surface area contributed by atoms with E-state index in [9.17, 15) is 9.59 Å². The molecule has 0 N–H and O–H groups in total. The Bertz CT molecular complexity index is 979. The maximum absolute atomic E-state index is 13.0. The average molecular weight is 451 g/mol. The van der Waals surface area contributed by atoms with Gasteiger partial charge in [0.2, 0.25) is 15.2 Å². The molecule has 6 nitrogen and oxygen atoms in total. The second-order valence-corrected chi connectivity index (χ2v) is 11.5. The smallest absolute Gasteiger partial charge is 0.343 e. The van der Waals surface area contributed by atoms with Gasteiger partial charge < -0.3 is 13.7 Å². The van der Waals surface area contributed by atoms with Crippen molar-refractivity contribution in [1.82, 2.24) is 9.55 Å². The minimum Gasteiger partial charge on any atom is -0.462 e. The minimum absolute atomic E-state index is 0.0234. The number of pyridine rings is 2. The van der Waals surface area contributed by atoms with Crippen LogP contribution in [0, 0.1) is 5.92 Å². The van der Waals surface area contributed by atoms with Crippen molar-refractivity contribution < 1.29 is 14.0 Å². The number of fused-ring (bicyclic) bond motifs is 1. The predicted molar refractivity (Wildman–Crippen MR) is 121 cm³/mol. The Morgan fingerprint density at radius 1 is 1.23 bits per heavy atom. The second-order valence-electron chi connectivity index (χ2n) is 9.25. The Balaban J connectivity index is 2.76. The SMILES string of the molecule is CCOC(=O)c1cn([C@@H](C(C)C)C(C)(C)O[Si]C(C)(C)C)c2ccc(Cl)nc2c1=O. The van der Waals surface area contributed by atoms with Gasteiger partial charge in [-0.25, -0.2) is 9.78 Å². The molecule has 2 aromatic heterocycles. The Morgan fingerprint density at radius 3 is 2.40 bits per heavy atom. The number of aromatic nitrogens is 2. The van der Waals surface area contributed by atoms with Crippen LogP contribution in [0.3, 0.4) is 0 Å². The number of esters is 1. The summed E-state index contributed by atoms with van der Waals surface area (Å²) < 4.78 is 13.4. The lowest BCUT2D eigenvalue weighted by atomic mass is 9.88. The Labute approximate surface area is 185 Å². The third-order valence-electron chi connectivity index (χ3n) is 4.61. The van der Waals surface area contributed by atoms with Crippen LogP contribution in [0.5, 0.6) is 0 Å². The zero-order valence-corrected chi connectivity index (χ0v) is 20.8. The van der Waals surface area contributed by atoms with E-state index in [-0.39, 0.29) is 49.6 Å². The first-order chi connectivity index (χ1) is 13.8. The zero-order chi connectivity index (χ0) is 22.9. The number of hydrogen-bond donors (Lipinski definition) is 0. The highest BCUT2D eigenvalue weighted by atomic mass is 35.5. The molecule has 8 heteroatoms. The minimum atomic E-state index is -0.669. The highest BCUT2D eigenvalue weighted by Gasteiger charge is 2.37. The Morgan fingerprint density at radius 2 is 1.87 bits per heavy atom. The van der Waals surface area contributed by atoms with Gasteiger partial charge in [0.1, 0.15) is 16.2 Å². The van der Waals surface area contributed by atoms with Gasteiger partial charge in [-0.3, -0.25) is 4.79 Å². The van der Waals surface area contributed by atoms with Crippen molar-refractivity contribution in [1.29, 1.82) is 0 Å². The summed E-state index contributed by atoms with van der Waals surface area (Å²) in [7, 11) is 0.285. The monoisotopic (exact) mass is 450 g/mol. The molecule has 0 spiro atoms. The molecule has 164 valence electrons. The van der Waals surface area contributed by atoms with Gasteiger partial charge in [-0.15, -0.1) is 0 Å². The van der Waals surface area contributed by atoms with Gasteiger partial charge in [-0.2, -0.15) is 0 Å². The molecule has 2 heterocycles. The molecule has 0 saturated carbocycles. The number of carbonyl (C=O) groups is 1. The largest absolute Gasteiger partial charge is 0.462 e. The van der Waals surface area contributed by atoms with E-state index in [0.29, 0.717) is 5.52 Å². The van der Waals surface area contributed by atoms with Gasteiger partial charge in [0.15, 0.2) is 0 Å². The summed E-state index contributed by atoms with van der Waals surface area (Å²) in [5.41, 5.74) is -0.369. The van der Waals surface area contributed by atoms with E-state index in [1.54, 1.807) is 25.3 Å². The van der Waals surface area contributed by atoms with Crippen LogP contribution < -0.4 is 5.43 Å². The van der Waals surface area contributed by atoms with Crippen molar-refractivity contribution in [3.63, 3.8) is 0 Å². The fourth-order valence-electron chi connectivity index (χ4n) is 3.59. The van der Waals surface area contributed by atoms with Gasteiger partial charge in [0, 0.05) is 6.20 Å². The van der Waals surface area contributed by atoms with Crippen LogP contribution in [0.4, 0.5) is 0 Å². The fourth-order valence-corrected chi connectivity index (χ4v) is 4.42. The lowest BCUT2D eigenvalue weighted by Gasteiger charge is -2.41. The summed E-state index contributed by atoms with van der Waals surface area (Å²) in [6.07, 6.45) is 1.58. The van der Waals surface area contributed by atoms with Crippen LogP contribution in [0.1, 0.15) is 71.8 Å². The molecule has 30 heavy (non-hydrogen) atoms. The van der Waals surface area contributed by atoms with E-state index in [4.69, 9.17) is 20.8 Å². The first kappa shape index (κ1) is 24.6. The quantitative estimate of drug-likeness (QED) is 0.335. The van der Waals surface area contributed by atoms with Crippen LogP contribution in [0.2, 0.25) is 10.2 Å². The number of carbonyl (C=O) groups excluding carboxylic acids is 1. The molecule has 0 aromatic carbocycles. The van der Waals surface area contributed by atoms with Crippen molar-refractivity contribution in [3.8, 4) is 0 Å². The van der Waals surface area contributed by atoms with Crippen molar-refractivity contribution in [2.24, 2.45) is 5.92 Å². The summed E-state index contributed by atoms with van der Waals surface area (Å²) in [6.45, 7) is 16.5. The molecule has 0 aliphatic heterocycles. The second kappa shape index (κ2) is 9.20. The average Bonchev–Trinajstić information content (AvgIpc) is 2.61. The van der Waals surface area contributed by atoms with E-state index < -0.39 is 17.0 Å². The van der Waals surface area contributed by atoms with E-state index in [1.165, 1.54) is 0 Å². The van der Waals surface area contributed by atoms with E-state index >= 15 is 0 Å². The maximum Gasteiger partial charge on any atom is 0.343 e. The standard InChI is InChI=1S/C22H31ClN2O4Si/c1-9-28-20(27)14-12-25(15-10-11-16(23)24-17(15)18(14)26)19(13(2)3)22(7,8)29-30-21(4,5)6/h10-13,19H,9H2,1-8H3/t19-/m0/s1. The lowest BCUT2D eigenvalue weighted by Crippen LogP contribution is -2.42. The third-order valence-corrected chi connectivity index (χ3v) is 6.06. The molecular formula is C22H31ClN2O4Si. The fraction of sp³-hybridized carbons (Fsp3) is 0.591. The molecular weight excluding hydrogens is 420 g/mol. The van der Waals surface area contributed by atoms with E-state index in [0.717, 1.165) is 0 Å². The van der Waals surface area contributed by atoms with Crippen LogP contribution >= 0.6 is 11.6 Å². The van der Waals surface area contributed by atoms with Gasteiger partial charge in [0.05, 0.1) is 23.8 Å². The number of rotatable bonds is 7. The summed E-state index contributed by atoms with van der Waals surface area (Å²) in [6, 6.07) is 3.23. The first-order valence-corrected chi connectivity index (χ1v) is 11.4. The maximum atomic E-state index is 13.0. The molecule has 2 aromatic rings. The molecule has 0 saturated heterocycles. The summed E-state index contributed by atoms with van der Waals surface area (Å²) in [5, 5.41) is 0.216. The van der Waals surface area contributed by atoms with Crippen LogP contribution in [0.25, 0.3) is 11.0 Å². The first-order valence-electron chi connectivity index (χ1n) is 10.1. The molecule has 0 bridgehead atoms.